The summed E-state index contributed by atoms with van der Waals surface area (Å²) >= 11 is 0. The van der Waals surface area contributed by atoms with Crippen LogP contribution < -0.4 is 5.32 Å². The van der Waals surface area contributed by atoms with E-state index in [2.05, 4.69) is 5.32 Å². The van der Waals surface area contributed by atoms with E-state index in [9.17, 15) is 9.90 Å². The monoisotopic (exact) mass is 291 g/mol. The molecule has 1 atom stereocenters. The number of hydrogen-bond acceptors (Lipinski definition) is 4. The fraction of sp³-hybridized carbons (Fsp3) is 0.438. The summed E-state index contributed by atoms with van der Waals surface area (Å²) in [5.41, 5.74) is 0.992. The lowest BCUT2D eigenvalue weighted by Gasteiger charge is -2.29. The number of carbonyl (C=O) groups is 1. The van der Waals surface area contributed by atoms with Crippen LogP contribution in [0.4, 0.5) is 0 Å². The minimum absolute atomic E-state index is 0.0221. The van der Waals surface area contributed by atoms with Gasteiger partial charge in [0.2, 0.25) is 5.76 Å². The molecular formula is C16H21NO4. The highest BCUT2D eigenvalue weighted by atomic mass is 16.4. The fourth-order valence-electron chi connectivity index (χ4n) is 2.39. The summed E-state index contributed by atoms with van der Waals surface area (Å²) in [6.07, 6.45) is 1.45. The molecule has 0 aliphatic heterocycles. The van der Waals surface area contributed by atoms with Gasteiger partial charge in [-0.15, -0.1) is 0 Å². The number of rotatable bonds is 7. The van der Waals surface area contributed by atoms with Crippen molar-refractivity contribution >= 4 is 16.9 Å². The molecule has 5 heteroatoms. The zero-order valence-electron chi connectivity index (χ0n) is 12.3. The number of fused-ring (bicyclic) bond motifs is 1. The fourth-order valence-corrected chi connectivity index (χ4v) is 2.39. The van der Waals surface area contributed by atoms with E-state index in [1.54, 1.807) is 6.07 Å². The van der Waals surface area contributed by atoms with Crippen molar-refractivity contribution in [1.29, 1.82) is 0 Å². The zero-order valence-corrected chi connectivity index (χ0v) is 12.3. The molecule has 0 aliphatic rings. The second-order valence-electron chi connectivity index (χ2n) is 5.45. The lowest BCUT2D eigenvalue weighted by atomic mass is 9.94. The first-order valence-electron chi connectivity index (χ1n) is 7.10. The molecule has 2 aromatic rings. The zero-order chi connectivity index (χ0) is 15.5. The van der Waals surface area contributed by atoms with E-state index in [4.69, 9.17) is 9.52 Å². The molecule has 0 aliphatic carbocycles. The summed E-state index contributed by atoms with van der Waals surface area (Å²) < 4.78 is 5.43. The van der Waals surface area contributed by atoms with Crippen molar-refractivity contribution in [2.24, 2.45) is 0 Å². The first-order valence-corrected chi connectivity index (χ1v) is 7.10. The van der Waals surface area contributed by atoms with E-state index in [0.29, 0.717) is 24.1 Å². The van der Waals surface area contributed by atoms with Crippen LogP contribution in [0.25, 0.3) is 11.0 Å². The predicted octanol–water partition coefficient (Wildman–Crippen LogP) is 2.77. The van der Waals surface area contributed by atoms with Crippen LogP contribution in [0.1, 0.15) is 42.8 Å². The Kier molecular flexibility index (Phi) is 4.65. The molecule has 0 saturated heterocycles. The highest BCUT2D eigenvalue weighted by Gasteiger charge is 2.24. The van der Waals surface area contributed by atoms with E-state index in [1.165, 1.54) is 0 Å². The molecule has 1 heterocycles. The van der Waals surface area contributed by atoms with Crippen molar-refractivity contribution in [1.82, 2.24) is 5.32 Å². The van der Waals surface area contributed by atoms with Crippen LogP contribution in [-0.4, -0.2) is 28.3 Å². The number of aromatic carboxylic acids is 1. The number of hydrogen-bond donors (Lipinski definition) is 3. The third-order valence-corrected chi connectivity index (χ3v) is 4.03. The second-order valence-corrected chi connectivity index (χ2v) is 5.45. The third kappa shape index (κ3) is 3.25. The van der Waals surface area contributed by atoms with Crippen LogP contribution >= 0.6 is 0 Å². The van der Waals surface area contributed by atoms with Gasteiger partial charge in [-0.3, -0.25) is 0 Å². The van der Waals surface area contributed by atoms with Crippen molar-refractivity contribution in [3.05, 3.63) is 35.6 Å². The molecule has 0 radical (unpaired) electrons. The summed E-state index contributed by atoms with van der Waals surface area (Å²) in [6.45, 7) is 4.54. The van der Waals surface area contributed by atoms with Gasteiger partial charge < -0.3 is 19.9 Å². The van der Waals surface area contributed by atoms with Crippen molar-refractivity contribution in [3.63, 3.8) is 0 Å². The molecule has 21 heavy (non-hydrogen) atoms. The molecule has 0 bridgehead atoms. The first-order chi connectivity index (χ1) is 10.0. The molecular weight excluding hydrogens is 270 g/mol. The van der Waals surface area contributed by atoms with Gasteiger partial charge in [0.25, 0.3) is 0 Å². The van der Waals surface area contributed by atoms with Gasteiger partial charge in [0.05, 0.1) is 0 Å². The average Bonchev–Trinajstić information content (AvgIpc) is 2.84. The molecule has 5 nitrogen and oxygen atoms in total. The Morgan fingerprint density at radius 3 is 2.71 bits per heavy atom. The normalized spacial score (nSPS) is 14.2. The maximum atomic E-state index is 11.3. The van der Waals surface area contributed by atoms with Crippen LogP contribution in [0.2, 0.25) is 0 Å². The third-order valence-electron chi connectivity index (χ3n) is 4.03. The Balaban J connectivity index is 2.32. The van der Waals surface area contributed by atoms with E-state index < -0.39 is 5.97 Å². The molecule has 0 amide bonds. The van der Waals surface area contributed by atoms with Gasteiger partial charge in [-0.25, -0.2) is 4.79 Å². The van der Waals surface area contributed by atoms with Gasteiger partial charge >= 0.3 is 5.97 Å². The molecule has 1 aromatic heterocycles. The summed E-state index contributed by atoms with van der Waals surface area (Å²) in [5.74, 6) is -1.09. The van der Waals surface area contributed by atoms with Gasteiger partial charge in [-0.1, -0.05) is 25.1 Å². The maximum absolute atomic E-state index is 11.3. The Hall–Kier alpha value is -1.85. The van der Waals surface area contributed by atoms with E-state index in [0.717, 1.165) is 11.8 Å². The minimum Gasteiger partial charge on any atom is -0.475 e. The van der Waals surface area contributed by atoms with E-state index in [1.807, 2.05) is 32.0 Å². The van der Waals surface area contributed by atoms with Crippen LogP contribution in [0.3, 0.4) is 0 Å². The first kappa shape index (κ1) is 15.5. The molecule has 3 N–H and O–H groups in total. The Morgan fingerprint density at radius 1 is 1.38 bits per heavy atom. The van der Waals surface area contributed by atoms with Crippen LogP contribution in [-0.2, 0) is 6.54 Å². The largest absolute Gasteiger partial charge is 0.475 e. The van der Waals surface area contributed by atoms with Gasteiger partial charge in [0, 0.05) is 29.6 Å². The highest BCUT2D eigenvalue weighted by Crippen LogP contribution is 2.27. The minimum atomic E-state index is -1.07. The highest BCUT2D eigenvalue weighted by molar-refractivity contribution is 5.95. The quantitative estimate of drug-likeness (QED) is 0.730. The van der Waals surface area contributed by atoms with Crippen LogP contribution in [0.5, 0.6) is 0 Å². The summed E-state index contributed by atoms with van der Waals surface area (Å²) in [5, 5.41) is 22.6. The molecule has 1 aromatic carbocycles. The van der Waals surface area contributed by atoms with E-state index in [-0.39, 0.29) is 17.9 Å². The summed E-state index contributed by atoms with van der Waals surface area (Å²) in [6, 6.07) is 7.30. The number of para-hydroxylation sites is 1. The van der Waals surface area contributed by atoms with Gasteiger partial charge in [-0.05, 0) is 25.8 Å². The molecule has 0 saturated carbocycles. The van der Waals surface area contributed by atoms with Crippen molar-refractivity contribution < 1.29 is 19.4 Å². The number of aliphatic hydroxyl groups excluding tert-OH is 1. The molecule has 114 valence electrons. The molecule has 2 rings (SSSR count). The maximum Gasteiger partial charge on any atom is 0.372 e. The summed E-state index contributed by atoms with van der Waals surface area (Å²) in [7, 11) is 0. The molecule has 0 fully saturated rings. The number of benzene rings is 1. The van der Waals surface area contributed by atoms with Gasteiger partial charge in [0.1, 0.15) is 5.58 Å². The number of carboxylic acids is 1. The number of furan rings is 1. The number of nitrogens with one attached hydrogen (secondary N) is 1. The lowest BCUT2D eigenvalue weighted by molar-refractivity contribution is 0.0662. The standard InChI is InChI=1S/C16H21NO4/c1-3-16(2,8-9-18)17-10-12-11-6-4-5-7-13(11)21-14(12)15(19)20/h4-7,17-18H,3,8-10H2,1-2H3,(H,19,20). The van der Waals surface area contributed by atoms with Crippen LogP contribution in [0, 0.1) is 0 Å². The number of aliphatic hydroxyl groups is 1. The molecule has 0 spiro atoms. The Bertz CT molecular complexity index is 634. The lowest BCUT2D eigenvalue weighted by Crippen LogP contribution is -2.42. The number of carboxylic acid groups (broad SMARTS) is 1. The van der Waals surface area contributed by atoms with E-state index >= 15 is 0 Å². The smallest absolute Gasteiger partial charge is 0.372 e. The van der Waals surface area contributed by atoms with Gasteiger partial charge in [0.15, 0.2) is 0 Å². The predicted molar refractivity (Wildman–Crippen MR) is 80.4 cm³/mol. The van der Waals surface area contributed by atoms with Crippen molar-refractivity contribution in [2.75, 3.05) is 6.61 Å². The SMILES string of the molecule is CCC(C)(CCO)NCc1c(C(=O)O)oc2ccccc12. The van der Waals surface area contributed by atoms with Gasteiger partial charge in [-0.2, -0.15) is 0 Å². The average molecular weight is 291 g/mol. The van der Waals surface area contributed by atoms with Crippen molar-refractivity contribution in [2.45, 2.75) is 38.8 Å². The second kappa shape index (κ2) is 6.28. The van der Waals surface area contributed by atoms with Crippen molar-refractivity contribution in [3.8, 4) is 0 Å². The van der Waals surface area contributed by atoms with Crippen LogP contribution in [0.15, 0.2) is 28.7 Å². The Labute approximate surface area is 123 Å². The Morgan fingerprint density at radius 2 is 2.10 bits per heavy atom. The topological polar surface area (TPSA) is 82.7 Å². The summed E-state index contributed by atoms with van der Waals surface area (Å²) in [4.78, 5) is 11.3. The molecule has 1 unspecified atom stereocenters.